The van der Waals surface area contributed by atoms with Crippen molar-refractivity contribution in [3.8, 4) is 0 Å². The molecule has 3 N–H and O–H groups in total. The third-order valence-electron chi connectivity index (χ3n) is 8.64. The van der Waals surface area contributed by atoms with E-state index in [0.717, 1.165) is 81.1 Å². The molecular formula is C34H41ClN4O. The number of fused-ring (bicyclic) bond motifs is 1. The molecule has 0 radical (unpaired) electrons. The van der Waals surface area contributed by atoms with Gasteiger partial charge in [0.25, 0.3) is 0 Å². The number of hydrogen-bond acceptors (Lipinski definition) is 4. The highest BCUT2D eigenvalue weighted by Crippen LogP contribution is 2.26. The summed E-state index contributed by atoms with van der Waals surface area (Å²) in [4.78, 5) is 18.0. The number of hydrogen-bond donors (Lipinski definition) is 2. The van der Waals surface area contributed by atoms with E-state index in [1.807, 2.05) is 36.4 Å². The first kappa shape index (κ1) is 28.5. The highest BCUT2D eigenvalue weighted by Gasteiger charge is 2.21. The number of carbonyl (C=O) groups is 1. The lowest BCUT2D eigenvalue weighted by Crippen LogP contribution is -2.33. The number of carbonyl (C=O) groups excluding carboxylic acids is 1. The largest absolute Gasteiger partial charge is 0.384 e. The number of Topliss-reactive ketones (excluding diaryl/α,β-unsaturated/α-hetero) is 1. The maximum absolute atomic E-state index is 13.1. The number of nitrogen functional groups attached to an aromatic ring is 1. The van der Waals surface area contributed by atoms with Gasteiger partial charge in [-0.1, -0.05) is 60.1 Å². The molecule has 6 heteroatoms. The normalized spacial score (nSPS) is 16.8. The number of nitrogens with two attached hydrogens (primary N) is 1. The van der Waals surface area contributed by atoms with Crippen LogP contribution in [0.2, 0.25) is 5.02 Å². The number of rotatable bonds is 10. The summed E-state index contributed by atoms with van der Waals surface area (Å²) < 4.78 is 0. The van der Waals surface area contributed by atoms with Gasteiger partial charge in [0.2, 0.25) is 0 Å². The molecule has 2 aliphatic rings. The molecule has 1 fully saturated rings. The van der Waals surface area contributed by atoms with E-state index in [2.05, 4.69) is 40.1 Å². The molecule has 210 valence electrons. The summed E-state index contributed by atoms with van der Waals surface area (Å²) in [5.41, 5.74) is 12.4. The van der Waals surface area contributed by atoms with Gasteiger partial charge in [0, 0.05) is 48.7 Å². The quantitative estimate of drug-likeness (QED) is 0.170. The maximum atomic E-state index is 13.1. The lowest BCUT2D eigenvalue weighted by atomic mass is 9.90. The Kier molecular flexibility index (Phi) is 9.69. The number of piperidine rings is 1. The second-order valence-electron chi connectivity index (χ2n) is 11.5. The maximum Gasteiger partial charge on any atom is 0.162 e. The highest BCUT2D eigenvalue weighted by molar-refractivity contribution is 6.31. The van der Waals surface area contributed by atoms with Gasteiger partial charge < -0.3 is 5.73 Å². The van der Waals surface area contributed by atoms with Crippen LogP contribution in [0.5, 0.6) is 0 Å². The van der Waals surface area contributed by atoms with Crippen LogP contribution in [0.25, 0.3) is 0 Å². The summed E-state index contributed by atoms with van der Waals surface area (Å²) in [6, 6.07) is 22.5. The minimum Gasteiger partial charge on any atom is -0.384 e. The van der Waals surface area contributed by atoms with Crippen LogP contribution in [0.1, 0.15) is 70.3 Å². The third-order valence-corrected chi connectivity index (χ3v) is 9.01. The standard InChI is InChI=1S/C34H41ClN4O/c35-32-9-2-1-7-31(32)24-39-17-13-25(14-18-39)5-4-10-33(40)29-12-11-27-15-19-38(20-16-28(27)22-29)23-26-6-3-8-30(21-26)34(36)37/h1-3,6-9,11-12,21-22,25H,4-5,10,13-20,23-24H2,(H3,36,37). The number of benzene rings is 3. The van der Waals surface area contributed by atoms with Gasteiger partial charge in [-0.05, 0) is 98.0 Å². The van der Waals surface area contributed by atoms with Crippen molar-refractivity contribution in [2.24, 2.45) is 11.7 Å². The van der Waals surface area contributed by atoms with Crippen molar-refractivity contribution in [2.45, 2.75) is 58.0 Å². The molecule has 0 bridgehead atoms. The van der Waals surface area contributed by atoms with Crippen molar-refractivity contribution in [2.75, 3.05) is 26.2 Å². The van der Waals surface area contributed by atoms with E-state index in [1.54, 1.807) is 0 Å². The Bertz CT molecular complexity index is 1330. The zero-order valence-electron chi connectivity index (χ0n) is 23.4. The number of nitrogens with zero attached hydrogens (tertiary/aromatic N) is 2. The fraction of sp³-hybridized carbons (Fsp3) is 0.412. The molecular weight excluding hydrogens is 516 g/mol. The van der Waals surface area contributed by atoms with Gasteiger partial charge in [-0.2, -0.15) is 0 Å². The first-order valence-electron chi connectivity index (χ1n) is 14.7. The van der Waals surface area contributed by atoms with E-state index in [-0.39, 0.29) is 11.6 Å². The van der Waals surface area contributed by atoms with E-state index in [1.165, 1.54) is 35.1 Å². The predicted molar refractivity (Wildman–Crippen MR) is 164 cm³/mol. The smallest absolute Gasteiger partial charge is 0.162 e. The van der Waals surface area contributed by atoms with Gasteiger partial charge in [-0.25, -0.2) is 0 Å². The lowest BCUT2D eigenvalue weighted by Gasteiger charge is -2.32. The second-order valence-corrected chi connectivity index (χ2v) is 11.9. The van der Waals surface area contributed by atoms with Crippen molar-refractivity contribution in [3.05, 3.63) is 105 Å². The van der Waals surface area contributed by atoms with E-state index < -0.39 is 0 Å². The molecule has 2 aliphatic heterocycles. The van der Waals surface area contributed by atoms with Crippen LogP contribution < -0.4 is 5.73 Å². The van der Waals surface area contributed by atoms with Crippen molar-refractivity contribution < 1.29 is 4.79 Å². The Hall–Kier alpha value is -2.99. The van der Waals surface area contributed by atoms with Crippen LogP contribution in [0.15, 0.2) is 66.7 Å². The Morgan fingerprint density at radius 3 is 2.38 bits per heavy atom. The summed E-state index contributed by atoms with van der Waals surface area (Å²) >= 11 is 6.35. The number of nitrogens with one attached hydrogen (secondary N) is 1. The van der Waals surface area contributed by atoms with Crippen LogP contribution in [0, 0.1) is 11.3 Å². The molecule has 0 spiro atoms. The average molecular weight is 557 g/mol. The van der Waals surface area contributed by atoms with E-state index in [4.69, 9.17) is 22.7 Å². The Balaban J connectivity index is 1.06. The van der Waals surface area contributed by atoms with Crippen molar-refractivity contribution in [1.29, 1.82) is 5.41 Å². The lowest BCUT2D eigenvalue weighted by molar-refractivity contribution is 0.0974. The van der Waals surface area contributed by atoms with E-state index in [0.29, 0.717) is 12.3 Å². The van der Waals surface area contributed by atoms with Gasteiger partial charge in [0.15, 0.2) is 5.78 Å². The SMILES string of the molecule is N=C(N)c1cccc(CN2CCc3ccc(C(=O)CCCC4CCN(Cc5ccccc5Cl)CC4)cc3CC2)c1. The summed E-state index contributed by atoms with van der Waals surface area (Å²) in [5.74, 6) is 1.10. The van der Waals surface area contributed by atoms with Crippen LogP contribution in [-0.2, 0) is 25.9 Å². The second kappa shape index (κ2) is 13.6. The molecule has 2 heterocycles. The van der Waals surface area contributed by atoms with E-state index in [9.17, 15) is 4.79 Å². The molecule has 0 aromatic heterocycles. The predicted octanol–water partition coefficient (Wildman–Crippen LogP) is 6.49. The summed E-state index contributed by atoms with van der Waals surface area (Å²) in [5, 5.41) is 8.56. The summed E-state index contributed by atoms with van der Waals surface area (Å²) in [6.45, 7) is 5.93. The molecule has 3 aromatic carbocycles. The first-order chi connectivity index (χ1) is 19.4. The molecule has 40 heavy (non-hydrogen) atoms. The molecule has 3 aromatic rings. The van der Waals surface area contributed by atoms with Gasteiger partial charge in [-0.3, -0.25) is 20.0 Å². The molecule has 0 saturated carbocycles. The van der Waals surface area contributed by atoms with Crippen molar-refractivity contribution in [3.63, 3.8) is 0 Å². The molecule has 5 nitrogen and oxygen atoms in total. The minimum atomic E-state index is 0.109. The topological polar surface area (TPSA) is 73.4 Å². The number of amidine groups is 1. The molecule has 1 saturated heterocycles. The number of halogens is 1. The fourth-order valence-electron chi connectivity index (χ4n) is 6.19. The van der Waals surface area contributed by atoms with Gasteiger partial charge in [0.05, 0.1) is 0 Å². The van der Waals surface area contributed by atoms with Gasteiger partial charge in [0.1, 0.15) is 5.84 Å². The summed E-state index contributed by atoms with van der Waals surface area (Å²) in [7, 11) is 0. The van der Waals surface area contributed by atoms with Crippen molar-refractivity contribution >= 4 is 23.2 Å². The molecule has 0 aliphatic carbocycles. The zero-order chi connectivity index (χ0) is 27.9. The number of likely N-dealkylation sites (tertiary alicyclic amines) is 1. The average Bonchev–Trinajstić information content (AvgIpc) is 3.17. The van der Waals surface area contributed by atoms with Gasteiger partial charge in [-0.15, -0.1) is 0 Å². The monoisotopic (exact) mass is 556 g/mol. The Morgan fingerprint density at radius 1 is 0.850 bits per heavy atom. The Labute approximate surface area is 243 Å². The Morgan fingerprint density at radius 2 is 1.60 bits per heavy atom. The van der Waals surface area contributed by atoms with E-state index >= 15 is 0 Å². The minimum absolute atomic E-state index is 0.109. The summed E-state index contributed by atoms with van der Waals surface area (Å²) in [6.07, 6.45) is 7.09. The number of ketones is 1. The van der Waals surface area contributed by atoms with Gasteiger partial charge >= 0.3 is 0 Å². The molecule has 0 atom stereocenters. The molecule has 5 rings (SSSR count). The fourth-order valence-corrected chi connectivity index (χ4v) is 6.39. The molecule has 0 unspecified atom stereocenters. The van der Waals surface area contributed by atoms with Crippen LogP contribution in [-0.4, -0.2) is 47.6 Å². The van der Waals surface area contributed by atoms with Crippen LogP contribution >= 0.6 is 11.6 Å². The van der Waals surface area contributed by atoms with Crippen LogP contribution in [0.3, 0.4) is 0 Å². The van der Waals surface area contributed by atoms with Crippen LogP contribution in [0.4, 0.5) is 0 Å². The highest BCUT2D eigenvalue weighted by atomic mass is 35.5. The first-order valence-corrected chi connectivity index (χ1v) is 15.1. The van der Waals surface area contributed by atoms with Crippen molar-refractivity contribution in [1.82, 2.24) is 9.80 Å². The third kappa shape index (κ3) is 7.60. The molecule has 0 amide bonds. The zero-order valence-corrected chi connectivity index (χ0v) is 24.1.